The number of likely N-dealkylation sites (N-methyl/N-ethyl adjacent to an activating group) is 1. The molecular formula is C19H22N4O3S. The number of rotatable bonds is 3. The summed E-state index contributed by atoms with van der Waals surface area (Å²) < 4.78 is 10.8. The maximum Gasteiger partial charge on any atom is 0.271 e. The third-order valence-electron chi connectivity index (χ3n) is 5.68. The van der Waals surface area contributed by atoms with Gasteiger partial charge in [-0.2, -0.15) is 0 Å². The molecule has 0 spiro atoms. The Morgan fingerprint density at radius 2 is 1.89 bits per heavy atom. The molecule has 3 aromatic rings. The van der Waals surface area contributed by atoms with Crippen molar-refractivity contribution in [2.45, 2.75) is 18.9 Å². The van der Waals surface area contributed by atoms with Crippen molar-refractivity contribution in [2.75, 3.05) is 45.2 Å². The van der Waals surface area contributed by atoms with E-state index >= 15 is 0 Å². The first-order valence-corrected chi connectivity index (χ1v) is 10.1. The zero-order valence-corrected chi connectivity index (χ0v) is 16.3. The highest BCUT2D eigenvalue weighted by molar-refractivity contribution is 7.12. The number of aromatic nitrogens is 2. The van der Waals surface area contributed by atoms with Crippen LogP contribution in [0.4, 0.5) is 5.69 Å². The molecule has 1 aromatic carbocycles. The lowest BCUT2D eigenvalue weighted by atomic mass is 10.1. The summed E-state index contributed by atoms with van der Waals surface area (Å²) in [5, 5.41) is 0.835. The molecular weight excluding hydrogens is 364 g/mol. The third-order valence-corrected chi connectivity index (χ3v) is 6.57. The molecule has 5 rings (SSSR count). The van der Waals surface area contributed by atoms with Crippen LogP contribution in [0.3, 0.4) is 0 Å². The highest BCUT2D eigenvalue weighted by atomic mass is 32.1. The number of methoxy groups -OCH3 is 1. The highest BCUT2D eigenvalue weighted by Crippen LogP contribution is 2.44. The maximum atomic E-state index is 13.1. The lowest BCUT2D eigenvalue weighted by Crippen LogP contribution is -2.44. The zero-order chi connectivity index (χ0) is 18.7. The topological polar surface area (TPSA) is 70.6 Å². The molecule has 1 aliphatic heterocycles. The predicted molar refractivity (Wildman–Crippen MR) is 109 cm³/mol. The second-order valence-electron chi connectivity index (χ2n) is 7.45. The summed E-state index contributed by atoms with van der Waals surface area (Å²) >= 11 is 1.25. The molecule has 1 saturated carbocycles. The molecule has 0 radical (unpaired) electrons. The summed E-state index contributed by atoms with van der Waals surface area (Å²) in [7, 11) is 3.80. The number of ether oxygens (including phenoxy) is 1. The number of nitrogens with one attached hydrogen (secondary N) is 1. The Morgan fingerprint density at radius 1 is 1.15 bits per heavy atom. The molecule has 8 heteroatoms. The van der Waals surface area contributed by atoms with E-state index in [1.165, 1.54) is 11.5 Å². The van der Waals surface area contributed by atoms with Crippen LogP contribution < -0.4 is 20.6 Å². The fourth-order valence-electron chi connectivity index (χ4n) is 4.06. The highest BCUT2D eigenvalue weighted by Gasteiger charge is 2.31. The average Bonchev–Trinajstić information content (AvgIpc) is 3.44. The summed E-state index contributed by atoms with van der Waals surface area (Å²) in [6.45, 7) is 3.84. The van der Waals surface area contributed by atoms with Gasteiger partial charge in [0.1, 0.15) is 10.2 Å². The van der Waals surface area contributed by atoms with Gasteiger partial charge >= 0.3 is 0 Å². The number of hydrogen-bond acceptors (Lipinski definition) is 6. The summed E-state index contributed by atoms with van der Waals surface area (Å²) in [4.78, 5) is 30.7. The van der Waals surface area contributed by atoms with E-state index in [0.29, 0.717) is 11.4 Å². The van der Waals surface area contributed by atoms with Gasteiger partial charge < -0.3 is 19.1 Å². The van der Waals surface area contributed by atoms with Gasteiger partial charge in [0.25, 0.3) is 5.56 Å². The van der Waals surface area contributed by atoms with Crippen LogP contribution in [0.15, 0.2) is 21.7 Å². The van der Waals surface area contributed by atoms with Crippen molar-refractivity contribution in [3.05, 3.63) is 32.7 Å². The Kier molecular flexibility index (Phi) is 3.80. The van der Waals surface area contributed by atoms with Gasteiger partial charge in [-0.3, -0.25) is 14.0 Å². The van der Waals surface area contributed by atoms with Crippen LogP contribution in [-0.4, -0.2) is 54.2 Å². The Bertz CT molecular complexity index is 1150. The summed E-state index contributed by atoms with van der Waals surface area (Å²) in [6.07, 6.45) is 2.11. The van der Waals surface area contributed by atoms with Gasteiger partial charge in [0.15, 0.2) is 5.75 Å². The first-order chi connectivity index (χ1) is 13.1. The number of piperazine rings is 1. The number of fused-ring (bicyclic) bond motifs is 2. The Balaban J connectivity index is 1.84. The number of benzene rings is 1. The number of aromatic amines is 1. The van der Waals surface area contributed by atoms with Crippen LogP contribution in [0.25, 0.3) is 21.1 Å². The SMILES string of the molecule is COc1c(N2CCN(C)CC2)ccc2c(=O)c3c(=O)[nH]sc3n(C3CC3)c12. The monoisotopic (exact) mass is 386 g/mol. The minimum Gasteiger partial charge on any atom is -0.492 e. The molecule has 1 saturated heterocycles. The van der Waals surface area contributed by atoms with Crippen LogP contribution in [0.2, 0.25) is 0 Å². The molecule has 2 fully saturated rings. The molecule has 2 aliphatic rings. The van der Waals surface area contributed by atoms with Crippen molar-refractivity contribution in [2.24, 2.45) is 0 Å². The number of anilines is 1. The maximum absolute atomic E-state index is 13.1. The minimum atomic E-state index is -0.293. The van der Waals surface area contributed by atoms with E-state index in [9.17, 15) is 9.59 Å². The molecule has 1 aliphatic carbocycles. The first-order valence-electron chi connectivity index (χ1n) is 9.30. The van der Waals surface area contributed by atoms with Crippen molar-refractivity contribution >= 4 is 38.3 Å². The zero-order valence-electron chi connectivity index (χ0n) is 15.4. The fourth-order valence-corrected chi connectivity index (χ4v) is 4.98. The number of H-pyrrole nitrogens is 1. The molecule has 142 valence electrons. The van der Waals surface area contributed by atoms with Crippen LogP contribution in [0.5, 0.6) is 5.75 Å². The van der Waals surface area contributed by atoms with Gasteiger partial charge in [0, 0.05) is 32.2 Å². The smallest absolute Gasteiger partial charge is 0.271 e. The Morgan fingerprint density at radius 3 is 2.56 bits per heavy atom. The van der Waals surface area contributed by atoms with Crippen molar-refractivity contribution in [1.29, 1.82) is 0 Å². The van der Waals surface area contributed by atoms with E-state index in [1.54, 1.807) is 7.11 Å². The van der Waals surface area contributed by atoms with E-state index in [2.05, 4.69) is 25.8 Å². The van der Waals surface area contributed by atoms with Gasteiger partial charge in [0.05, 0.1) is 23.7 Å². The van der Waals surface area contributed by atoms with Crippen molar-refractivity contribution < 1.29 is 4.74 Å². The van der Waals surface area contributed by atoms with Gasteiger partial charge in [-0.25, -0.2) is 0 Å². The number of hydrogen-bond donors (Lipinski definition) is 1. The predicted octanol–water partition coefficient (Wildman–Crippen LogP) is 2.00. The molecule has 0 amide bonds. The van der Waals surface area contributed by atoms with Gasteiger partial charge in [-0.05, 0) is 43.6 Å². The van der Waals surface area contributed by atoms with Gasteiger partial charge in [-0.1, -0.05) is 0 Å². The normalized spacial score (nSPS) is 18.5. The van der Waals surface area contributed by atoms with E-state index in [4.69, 9.17) is 4.74 Å². The Labute approximate surface area is 159 Å². The van der Waals surface area contributed by atoms with Crippen molar-refractivity contribution in [1.82, 2.24) is 13.8 Å². The molecule has 7 nitrogen and oxygen atoms in total. The molecule has 0 bridgehead atoms. The summed E-state index contributed by atoms with van der Waals surface area (Å²) in [5.74, 6) is 0.740. The second kappa shape index (κ2) is 6.10. The van der Waals surface area contributed by atoms with Crippen LogP contribution in [-0.2, 0) is 0 Å². The number of nitrogens with zero attached hydrogens (tertiary/aromatic N) is 3. The standard InChI is InChI=1S/C19H22N4O3S/c1-21-7-9-22(10-8-21)13-6-5-12-15(17(13)26-2)23(11-3-4-11)19-14(16(12)24)18(25)20-27-19/h5-6,11H,3-4,7-10H2,1-2H3,(H,20,25). The molecule has 1 N–H and O–H groups in total. The van der Waals surface area contributed by atoms with Crippen molar-refractivity contribution in [3.8, 4) is 5.75 Å². The lowest BCUT2D eigenvalue weighted by molar-refractivity contribution is 0.311. The lowest BCUT2D eigenvalue weighted by Gasteiger charge is -2.35. The van der Waals surface area contributed by atoms with Crippen molar-refractivity contribution in [3.63, 3.8) is 0 Å². The quantitative estimate of drug-likeness (QED) is 0.746. The van der Waals surface area contributed by atoms with E-state index in [1.807, 2.05) is 12.1 Å². The van der Waals surface area contributed by atoms with E-state index in [-0.39, 0.29) is 16.4 Å². The molecule has 3 heterocycles. The van der Waals surface area contributed by atoms with Crippen LogP contribution in [0.1, 0.15) is 18.9 Å². The summed E-state index contributed by atoms with van der Waals surface area (Å²) in [5.41, 5.74) is 1.35. The largest absolute Gasteiger partial charge is 0.492 e. The average molecular weight is 386 g/mol. The van der Waals surface area contributed by atoms with E-state index in [0.717, 1.165) is 60.8 Å². The Hall–Kier alpha value is -2.32. The fraction of sp³-hybridized carbons (Fsp3) is 0.474. The van der Waals surface area contributed by atoms with Crippen LogP contribution >= 0.6 is 11.5 Å². The van der Waals surface area contributed by atoms with Gasteiger partial charge in [0.2, 0.25) is 5.43 Å². The third kappa shape index (κ3) is 2.50. The van der Waals surface area contributed by atoms with Crippen LogP contribution in [0, 0.1) is 0 Å². The molecule has 0 unspecified atom stereocenters. The second-order valence-corrected chi connectivity index (χ2v) is 8.24. The summed E-state index contributed by atoms with van der Waals surface area (Å²) in [6, 6.07) is 4.15. The molecule has 27 heavy (non-hydrogen) atoms. The van der Waals surface area contributed by atoms with Gasteiger partial charge in [-0.15, -0.1) is 0 Å². The number of pyridine rings is 1. The van der Waals surface area contributed by atoms with E-state index < -0.39 is 0 Å². The molecule has 2 aromatic heterocycles. The molecule has 0 atom stereocenters. The minimum absolute atomic E-state index is 0.206. The first kappa shape index (κ1) is 16.8.